The number of nitrogens with zero attached hydrogens (tertiary/aromatic N) is 1. The van der Waals surface area contributed by atoms with Crippen LogP contribution in [0.4, 0.5) is 17.6 Å². The third-order valence-electron chi connectivity index (χ3n) is 3.87. The van der Waals surface area contributed by atoms with Crippen molar-refractivity contribution in [2.24, 2.45) is 11.8 Å². The molecular formula is C11H16F4N2O. The van der Waals surface area contributed by atoms with Gasteiger partial charge >= 0.3 is 12.3 Å². The molecule has 2 atom stereocenters. The summed E-state index contributed by atoms with van der Waals surface area (Å²) in [4.78, 5) is 12.3. The van der Waals surface area contributed by atoms with E-state index >= 15 is 0 Å². The maximum atomic E-state index is 13.0. The molecule has 0 bridgehead atoms. The van der Waals surface area contributed by atoms with Gasteiger partial charge in [-0.25, -0.2) is 8.78 Å². The summed E-state index contributed by atoms with van der Waals surface area (Å²) in [5.41, 5.74) is 0. The number of fused-ring (bicyclic) bond motifs is 1. The van der Waals surface area contributed by atoms with Gasteiger partial charge in [-0.1, -0.05) is 0 Å². The van der Waals surface area contributed by atoms with Crippen molar-refractivity contribution in [2.45, 2.75) is 25.2 Å². The highest BCUT2D eigenvalue weighted by molar-refractivity contribution is 5.84. The lowest BCUT2D eigenvalue weighted by Gasteiger charge is -2.25. The number of carbonyl (C=O) groups is 1. The van der Waals surface area contributed by atoms with Crippen molar-refractivity contribution in [2.75, 3.05) is 26.2 Å². The number of hydrogen-bond acceptors (Lipinski definition) is 2. The molecule has 2 heterocycles. The number of halogens is 4. The molecule has 104 valence electrons. The van der Waals surface area contributed by atoms with Crippen molar-refractivity contribution in [3.05, 3.63) is 0 Å². The first-order valence-electron chi connectivity index (χ1n) is 6.09. The summed E-state index contributed by atoms with van der Waals surface area (Å²) in [6.07, 6.45) is -2.74. The highest BCUT2D eigenvalue weighted by atomic mass is 19.3. The van der Waals surface area contributed by atoms with Crippen LogP contribution in [0.3, 0.4) is 0 Å². The Bertz CT molecular complexity index is 310. The molecular weight excluding hydrogens is 252 g/mol. The van der Waals surface area contributed by atoms with Crippen LogP contribution >= 0.6 is 0 Å². The average Bonchev–Trinajstić information content (AvgIpc) is 2.67. The van der Waals surface area contributed by atoms with Crippen LogP contribution in [0, 0.1) is 11.8 Å². The predicted molar refractivity (Wildman–Crippen MR) is 56.6 cm³/mol. The minimum Gasteiger partial charge on any atom is -0.337 e. The van der Waals surface area contributed by atoms with E-state index in [1.165, 1.54) is 0 Å². The van der Waals surface area contributed by atoms with Crippen LogP contribution in [-0.4, -0.2) is 49.3 Å². The Balaban J connectivity index is 2.00. The van der Waals surface area contributed by atoms with Gasteiger partial charge in [-0.2, -0.15) is 8.78 Å². The molecule has 0 aromatic carbocycles. The van der Waals surface area contributed by atoms with Crippen LogP contribution < -0.4 is 5.32 Å². The molecule has 0 unspecified atom stereocenters. The fourth-order valence-corrected chi connectivity index (χ4v) is 2.73. The molecule has 18 heavy (non-hydrogen) atoms. The van der Waals surface area contributed by atoms with Gasteiger partial charge in [0.15, 0.2) is 0 Å². The van der Waals surface area contributed by atoms with E-state index in [0.717, 1.165) is 18.0 Å². The summed E-state index contributed by atoms with van der Waals surface area (Å²) in [5, 5.41) is 3.21. The smallest absolute Gasteiger partial charge is 0.337 e. The molecule has 2 rings (SSSR count). The van der Waals surface area contributed by atoms with Gasteiger partial charge in [-0.15, -0.1) is 0 Å². The van der Waals surface area contributed by atoms with E-state index in [-0.39, 0.29) is 13.1 Å². The van der Waals surface area contributed by atoms with Crippen LogP contribution in [0.5, 0.6) is 0 Å². The Labute approximate surface area is 103 Å². The largest absolute Gasteiger partial charge is 0.383 e. The summed E-state index contributed by atoms with van der Waals surface area (Å²) in [6.45, 7) is 1.92. The molecule has 2 saturated heterocycles. The SMILES string of the molecule is O=C(N1CC[C@@H]2CNC[C@@H]2CC1)C(F)(F)C(F)F. The number of alkyl halides is 4. The normalized spacial score (nSPS) is 29.3. The zero-order chi connectivity index (χ0) is 13.3. The highest BCUT2D eigenvalue weighted by Crippen LogP contribution is 2.30. The Kier molecular flexibility index (Phi) is 3.79. The van der Waals surface area contributed by atoms with E-state index < -0.39 is 18.3 Å². The Morgan fingerprint density at radius 2 is 1.67 bits per heavy atom. The molecule has 0 spiro atoms. The fourth-order valence-electron chi connectivity index (χ4n) is 2.73. The fraction of sp³-hybridized carbons (Fsp3) is 0.909. The highest BCUT2D eigenvalue weighted by Gasteiger charge is 2.51. The lowest BCUT2D eigenvalue weighted by molar-refractivity contribution is -0.180. The Hall–Kier alpha value is -0.850. The van der Waals surface area contributed by atoms with Crippen LogP contribution in [0.25, 0.3) is 0 Å². The summed E-state index contributed by atoms with van der Waals surface area (Å²) in [7, 11) is 0. The van der Waals surface area contributed by atoms with Crippen molar-refractivity contribution in [3.8, 4) is 0 Å². The second-order valence-electron chi connectivity index (χ2n) is 4.97. The molecule has 0 saturated carbocycles. The molecule has 2 fully saturated rings. The molecule has 0 aliphatic carbocycles. The predicted octanol–water partition coefficient (Wildman–Crippen LogP) is 1.34. The number of rotatable bonds is 2. The van der Waals surface area contributed by atoms with Crippen molar-refractivity contribution in [1.82, 2.24) is 10.2 Å². The van der Waals surface area contributed by atoms with Gasteiger partial charge in [0.2, 0.25) is 0 Å². The lowest BCUT2D eigenvalue weighted by Crippen LogP contribution is -2.48. The molecule has 3 nitrogen and oxygen atoms in total. The van der Waals surface area contributed by atoms with Crippen LogP contribution in [0.15, 0.2) is 0 Å². The van der Waals surface area contributed by atoms with Crippen molar-refractivity contribution >= 4 is 5.91 Å². The molecule has 2 aliphatic heterocycles. The second kappa shape index (κ2) is 5.03. The summed E-state index contributed by atoms with van der Waals surface area (Å²) >= 11 is 0. The maximum Gasteiger partial charge on any atom is 0.383 e. The van der Waals surface area contributed by atoms with Crippen molar-refractivity contribution < 1.29 is 22.4 Å². The molecule has 0 aromatic rings. The summed E-state index contributed by atoms with van der Waals surface area (Å²) in [6, 6.07) is 0. The molecule has 1 N–H and O–H groups in total. The van der Waals surface area contributed by atoms with Crippen LogP contribution in [-0.2, 0) is 4.79 Å². The third kappa shape index (κ3) is 2.46. The van der Waals surface area contributed by atoms with Gasteiger partial charge in [0, 0.05) is 13.1 Å². The number of nitrogens with one attached hydrogen (secondary N) is 1. The Morgan fingerprint density at radius 3 is 2.11 bits per heavy atom. The van der Waals surface area contributed by atoms with Gasteiger partial charge in [0.1, 0.15) is 0 Å². The maximum absolute atomic E-state index is 13.0. The molecule has 0 radical (unpaired) electrons. The first-order valence-corrected chi connectivity index (χ1v) is 6.09. The van der Waals surface area contributed by atoms with Crippen molar-refractivity contribution in [1.29, 1.82) is 0 Å². The average molecular weight is 268 g/mol. The standard InChI is InChI=1S/C11H16F4N2O/c12-9(13)11(14,15)10(18)17-3-1-7-5-16-6-8(7)2-4-17/h7-9,16H,1-6H2/t7-,8+. The van der Waals surface area contributed by atoms with Gasteiger partial charge in [-0.05, 0) is 37.8 Å². The zero-order valence-electron chi connectivity index (χ0n) is 9.84. The van der Waals surface area contributed by atoms with E-state index in [9.17, 15) is 22.4 Å². The van der Waals surface area contributed by atoms with E-state index in [2.05, 4.69) is 5.32 Å². The van der Waals surface area contributed by atoms with E-state index in [0.29, 0.717) is 24.7 Å². The number of hydrogen-bond donors (Lipinski definition) is 1. The van der Waals surface area contributed by atoms with Gasteiger partial charge in [-0.3, -0.25) is 4.79 Å². The minimum atomic E-state index is -4.56. The van der Waals surface area contributed by atoms with E-state index in [1.807, 2.05) is 0 Å². The van der Waals surface area contributed by atoms with Crippen LogP contribution in [0.2, 0.25) is 0 Å². The minimum absolute atomic E-state index is 0.143. The topological polar surface area (TPSA) is 32.3 Å². The van der Waals surface area contributed by atoms with E-state index in [4.69, 9.17) is 0 Å². The molecule has 7 heteroatoms. The second-order valence-corrected chi connectivity index (χ2v) is 4.97. The number of likely N-dealkylation sites (tertiary alicyclic amines) is 1. The monoisotopic (exact) mass is 268 g/mol. The summed E-state index contributed by atoms with van der Waals surface area (Å²) in [5.74, 6) is -5.56. The van der Waals surface area contributed by atoms with Gasteiger partial charge in [0.05, 0.1) is 0 Å². The van der Waals surface area contributed by atoms with Gasteiger partial charge < -0.3 is 10.2 Å². The first kappa shape index (κ1) is 13.6. The molecule has 1 amide bonds. The third-order valence-corrected chi connectivity index (χ3v) is 3.87. The first-order chi connectivity index (χ1) is 8.43. The summed E-state index contributed by atoms with van der Waals surface area (Å²) < 4.78 is 50.3. The molecule has 0 aromatic heterocycles. The zero-order valence-corrected chi connectivity index (χ0v) is 9.84. The van der Waals surface area contributed by atoms with Crippen molar-refractivity contribution in [3.63, 3.8) is 0 Å². The number of carbonyl (C=O) groups excluding carboxylic acids is 1. The van der Waals surface area contributed by atoms with E-state index in [1.54, 1.807) is 0 Å². The molecule has 2 aliphatic rings. The number of amides is 1. The lowest BCUT2D eigenvalue weighted by atomic mass is 9.92. The van der Waals surface area contributed by atoms with Gasteiger partial charge in [0.25, 0.3) is 5.91 Å². The Morgan fingerprint density at radius 1 is 1.17 bits per heavy atom. The quantitative estimate of drug-likeness (QED) is 0.767. The van der Waals surface area contributed by atoms with Crippen LogP contribution in [0.1, 0.15) is 12.8 Å².